The predicted molar refractivity (Wildman–Crippen MR) is 114 cm³/mol. The van der Waals surface area contributed by atoms with E-state index in [4.69, 9.17) is 9.47 Å². The van der Waals surface area contributed by atoms with E-state index in [1.165, 1.54) is 0 Å². The van der Waals surface area contributed by atoms with Gasteiger partial charge in [0.05, 0.1) is 0 Å². The number of piperazine rings is 1. The Balaban J connectivity index is 1.24. The molecule has 0 radical (unpaired) electrons. The summed E-state index contributed by atoms with van der Waals surface area (Å²) in [7, 11) is 0. The van der Waals surface area contributed by atoms with Crippen LogP contribution in [0.4, 0.5) is 0 Å². The molecule has 0 spiro atoms. The fourth-order valence-corrected chi connectivity index (χ4v) is 3.78. The van der Waals surface area contributed by atoms with Gasteiger partial charge in [0.15, 0.2) is 17.3 Å². The molecule has 0 saturated carbocycles. The van der Waals surface area contributed by atoms with Gasteiger partial charge in [0, 0.05) is 44.6 Å². The number of hydrogen-bond acceptors (Lipinski definition) is 5. The molecule has 1 atom stereocenters. The van der Waals surface area contributed by atoms with Gasteiger partial charge in [-0.3, -0.25) is 14.4 Å². The van der Waals surface area contributed by atoms with Crippen LogP contribution in [0.25, 0.3) is 0 Å². The summed E-state index contributed by atoms with van der Waals surface area (Å²) in [6.45, 7) is 3.93. The molecule has 1 unspecified atom stereocenters. The summed E-state index contributed by atoms with van der Waals surface area (Å²) in [5.41, 5.74) is 1.72. The van der Waals surface area contributed by atoms with Crippen LogP contribution < -0.4 is 9.47 Å². The van der Waals surface area contributed by atoms with Gasteiger partial charge in [0.25, 0.3) is 5.91 Å². The van der Waals surface area contributed by atoms with Gasteiger partial charge < -0.3 is 19.3 Å². The van der Waals surface area contributed by atoms with Crippen molar-refractivity contribution in [3.8, 4) is 11.5 Å². The average molecular weight is 422 g/mol. The molecule has 2 aliphatic rings. The molecule has 0 aliphatic carbocycles. The summed E-state index contributed by atoms with van der Waals surface area (Å²) in [4.78, 5) is 41.1. The van der Waals surface area contributed by atoms with Crippen LogP contribution in [0.15, 0.2) is 48.5 Å². The molecular formula is C24H26N2O5. The molecular weight excluding hydrogens is 396 g/mol. The third kappa shape index (κ3) is 4.87. The maximum Gasteiger partial charge on any atom is 0.267 e. The van der Waals surface area contributed by atoms with E-state index < -0.39 is 6.10 Å². The minimum absolute atomic E-state index is 0.0307. The van der Waals surface area contributed by atoms with E-state index in [9.17, 15) is 14.4 Å². The smallest absolute Gasteiger partial charge is 0.267 e. The van der Waals surface area contributed by atoms with Crippen molar-refractivity contribution in [2.75, 3.05) is 32.8 Å². The van der Waals surface area contributed by atoms with Crippen LogP contribution in [-0.4, -0.2) is 66.3 Å². The zero-order chi connectivity index (χ0) is 21.8. The quantitative estimate of drug-likeness (QED) is 0.692. The maximum atomic E-state index is 12.8. The summed E-state index contributed by atoms with van der Waals surface area (Å²) >= 11 is 0. The van der Waals surface area contributed by atoms with Crippen molar-refractivity contribution in [1.82, 2.24) is 9.80 Å². The van der Waals surface area contributed by atoms with E-state index in [0.29, 0.717) is 43.2 Å². The lowest BCUT2D eigenvalue weighted by Crippen LogP contribution is -2.55. The lowest BCUT2D eigenvalue weighted by atomic mass is 10.0. The minimum atomic E-state index is -0.677. The molecule has 162 valence electrons. The van der Waals surface area contributed by atoms with Crippen LogP contribution in [0.5, 0.6) is 11.5 Å². The fourth-order valence-electron chi connectivity index (χ4n) is 3.78. The van der Waals surface area contributed by atoms with Crippen molar-refractivity contribution < 1.29 is 23.9 Å². The third-order valence-electron chi connectivity index (χ3n) is 5.67. The largest absolute Gasteiger partial charge is 0.485 e. The average Bonchev–Trinajstić information content (AvgIpc) is 2.82. The second-order valence-corrected chi connectivity index (χ2v) is 7.86. The van der Waals surface area contributed by atoms with Crippen molar-refractivity contribution >= 4 is 17.6 Å². The van der Waals surface area contributed by atoms with Gasteiger partial charge in [-0.05, 0) is 19.1 Å². The highest BCUT2D eigenvalue weighted by atomic mass is 16.6. The van der Waals surface area contributed by atoms with E-state index in [0.717, 1.165) is 5.56 Å². The normalized spacial score (nSPS) is 17.9. The highest BCUT2D eigenvalue weighted by molar-refractivity contribution is 5.98. The van der Waals surface area contributed by atoms with Crippen molar-refractivity contribution in [2.24, 2.45) is 0 Å². The van der Waals surface area contributed by atoms with Crippen LogP contribution in [-0.2, 0) is 9.59 Å². The zero-order valence-electron chi connectivity index (χ0n) is 17.6. The van der Waals surface area contributed by atoms with E-state index >= 15 is 0 Å². The van der Waals surface area contributed by atoms with Gasteiger partial charge in [-0.25, -0.2) is 0 Å². The van der Waals surface area contributed by atoms with Crippen LogP contribution in [0.3, 0.4) is 0 Å². The van der Waals surface area contributed by atoms with Crippen molar-refractivity contribution in [3.63, 3.8) is 0 Å². The number of nitrogens with zero attached hydrogens (tertiary/aromatic N) is 2. The van der Waals surface area contributed by atoms with E-state index in [-0.39, 0.29) is 37.0 Å². The van der Waals surface area contributed by atoms with Gasteiger partial charge in [-0.2, -0.15) is 0 Å². The van der Waals surface area contributed by atoms with Crippen LogP contribution in [0, 0.1) is 6.92 Å². The lowest BCUT2D eigenvalue weighted by Gasteiger charge is -2.37. The molecule has 2 aromatic rings. The third-order valence-corrected chi connectivity index (χ3v) is 5.67. The number of amides is 2. The number of hydrogen-bond donors (Lipinski definition) is 0. The molecule has 0 N–H and O–H groups in total. The maximum absolute atomic E-state index is 12.8. The second-order valence-electron chi connectivity index (χ2n) is 7.86. The standard InChI is InChI=1S/C24H26N2O5/c1-17-6-8-18(9-7-17)19(27)10-11-23(28)25-12-14-26(15-13-25)24(29)22-16-30-20-4-2-3-5-21(20)31-22/h2-9,22H,10-16H2,1H3. The van der Waals surface area contributed by atoms with Gasteiger partial charge in [-0.1, -0.05) is 42.0 Å². The predicted octanol–water partition coefficient (Wildman–Crippen LogP) is 2.47. The summed E-state index contributed by atoms with van der Waals surface area (Å²) in [6, 6.07) is 14.7. The number of carbonyl (C=O) groups is 3. The number of para-hydroxylation sites is 2. The molecule has 2 aromatic carbocycles. The highest BCUT2D eigenvalue weighted by Crippen LogP contribution is 2.31. The first kappa shape index (κ1) is 20.9. The summed E-state index contributed by atoms with van der Waals surface area (Å²) in [6.07, 6.45) is -0.311. The molecule has 1 fully saturated rings. The van der Waals surface area contributed by atoms with E-state index in [2.05, 4.69) is 0 Å². The molecule has 2 aliphatic heterocycles. The Bertz CT molecular complexity index is 964. The Kier molecular flexibility index (Phi) is 6.21. The molecule has 2 heterocycles. The first-order chi connectivity index (χ1) is 15.0. The molecule has 7 heteroatoms. The Morgan fingerprint density at radius 2 is 1.52 bits per heavy atom. The number of rotatable bonds is 5. The SMILES string of the molecule is Cc1ccc(C(=O)CCC(=O)N2CCN(C(=O)C3COc4ccccc4O3)CC2)cc1. The fraction of sp³-hybridized carbons (Fsp3) is 0.375. The van der Waals surface area contributed by atoms with Crippen LogP contribution in [0.2, 0.25) is 0 Å². The number of fused-ring (bicyclic) bond motifs is 1. The second kappa shape index (κ2) is 9.20. The number of aryl methyl sites for hydroxylation is 1. The van der Waals surface area contributed by atoms with Crippen LogP contribution in [0.1, 0.15) is 28.8 Å². The Morgan fingerprint density at radius 1 is 0.871 bits per heavy atom. The topological polar surface area (TPSA) is 76.2 Å². The molecule has 31 heavy (non-hydrogen) atoms. The molecule has 7 nitrogen and oxygen atoms in total. The van der Waals surface area contributed by atoms with E-state index in [1.807, 2.05) is 37.3 Å². The van der Waals surface area contributed by atoms with Crippen molar-refractivity contribution in [2.45, 2.75) is 25.9 Å². The van der Waals surface area contributed by atoms with Crippen molar-refractivity contribution in [3.05, 3.63) is 59.7 Å². The summed E-state index contributed by atoms with van der Waals surface area (Å²) in [5, 5.41) is 0. The van der Waals surface area contributed by atoms with Gasteiger partial charge in [-0.15, -0.1) is 0 Å². The molecule has 0 bridgehead atoms. The first-order valence-corrected chi connectivity index (χ1v) is 10.6. The molecule has 4 rings (SSSR count). The summed E-state index contributed by atoms with van der Waals surface area (Å²) in [5.74, 6) is 0.994. The van der Waals surface area contributed by atoms with Gasteiger partial charge in [0.2, 0.25) is 12.0 Å². The number of benzene rings is 2. The Morgan fingerprint density at radius 3 is 2.23 bits per heavy atom. The molecule has 2 amide bonds. The highest BCUT2D eigenvalue weighted by Gasteiger charge is 2.33. The molecule has 1 saturated heterocycles. The van der Waals surface area contributed by atoms with E-state index in [1.54, 1.807) is 28.0 Å². The summed E-state index contributed by atoms with van der Waals surface area (Å²) < 4.78 is 11.4. The number of ether oxygens (including phenoxy) is 2. The van der Waals surface area contributed by atoms with Gasteiger partial charge in [0.1, 0.15) is 6.61 Å². The Labute approximate surface area is 181 Å². The lowest BCUT2D eigenvalue weighted by molar-refractivity contribution is -0.146. The number of Topliss-reactive ketones (excluding diaryl/α,β-unsaturated/α-hetero) is 1. The number of ketones is 1. The minimum Gasteiger partial charge on any atom is -0.485 e. The number of carbonyl (C=O) groups excluding carboxylic acids is 3. The Hall–Kier alpha value is -3.35. The molecule has 0 aromatic heterocycles. The van der Waals surface area contributed by atoms with Crippen molar-refractivity contribution in [1.29, 1.82) is 0 Å². The first-order valence-electron chi connectivity index (χ1n) is 10.6. The monoisotopic (exact) mass is 422 g/mol. The van der Waals surface area contributed by atoms with Crippen LogP contribution >= 0.6 is 0 Å². The zero-order valence-corrected chi connectivity index (χ0v) is 17.6. The van der Waals surface area contributed by atoms with Gasteiger partial charge >= 0.3 is 0 Å².